The topological polar surface area (TPSA) is 91.8 Å². The first kappa shape index (κ1) is 19.2. The van der Waals surface area contributed by atoms with Crippen molar-refractivity contribution in [3.63, 3.8) is 0 Å². The lowest BCUT2D eigenvalue weighted by molar-refractivity contribution is 0.409. The van der Waals surface area contributed by atoms with Crippen LogP contribution >= 0.6 is 11.3 Å². The molecule has 0 bridgehead atoms. The van der Waals surface area contributed by atoms with Gasteiger partial charge in [0, 0.05) is 32.2 Å². The van der Waals surface area contributed by atoms with E-state index in [4.69, 9.17) is 4.74 Å². The average Bonchev–Trinajstić information content (AvgIpc) is 3.17. The number of benzene rings is 1. The van der Waals surface area contributed by atoms with Crippen molar-refractivity contribution in [1.29, 1.82) is 0 Å². The molecule has 0 aliphatic rings. The lowest BCUT2D eigenvalue weighted by Gasteiger charge is -2.14. The third-order valence-electron chi connectivity index (χ3n) is 3.33. The Bertz CT molecular complexity index is 789. The number of nitrogens with one attached hydrogen (secondary N) is 3. The number of thiophene rings is 1. The van der Waals surface area contributed by atoms with Crippen LogP contribution in [-0.2, 0) is 16.6 Å². The molecule has 1 aromatic carbocycles. The van der Waals surface area contributed by atoms with Gasteiger partial charge in [0.15, 0.2) is 5.96 Å². The highest BCUT2D eigenvalue weighted by atomic mass is 32.2. The average molecular weight is 383 g/mol. The molecule has 0 aliphatic heterocycles. The van der Waals surface area contributed by atoms with E-state index in [2.05, 4.69) is 20.3 Å². The van der Waals surface area contributed by atoms with Gasteiger partial charge in [-0.25, -0.2) is 13.1 Å². The molecule has 7 nitrogen and oxygen atoms in total. The molecule has 3 N–H and O–H groups in total. The number of methoxy groups -OCH3 is 1. The molecule has 0 atom stereocenters. The summed E-state index contributed by atoms with van der Waals surface area (Å²) in [6, 6.07) is 11.0. The monoisotopic (exact) mass is 382 g/mol. The van der Waals surface area contributed by atoms with Crippen LogP contribution in [-0.4, -0.2) is 41.6 Å². The van der Waals surface area contributed by atoms with Gasteiger partial charge in [-0.15, -0.1) is 11.3 Å². The van der Waals surface area contributed by atoms with Crippen LogP contribution < -0.4 is 20.1 Å². The van der Waals surface area contributed by atoms with Crippen LogP contribution in [0.2, 0.25) is 0 Å². The Labute approximate surface area is 152 Å². The summed E-state index contributed by atoms with van der Waals surface area (Å²) in [7, 11) is -0.144. The Balaban J connectivity index is 1.77. The summed E-state index contributed by atoms with van der Waals surface area (Å²) < 4.78 is 32.2. The number of guanidine groups is 1. The van der Waals surface area contributed by atoms with Crippen molar-refractivity contribution in [3.8, 4) is 5.75 Å². The van der Waals surface area contributed by atoms with E-state index in [1.54, 1.807) is 31.7 Å². The van der Waals surface area contributed by atoms with E-state index < -0.39 is 10.0 Å². The molecule has 0 amide bonds. The zero-order valence-electron chi connectivity index (χ0n) is 14.2. The second-order valence-electron chi connectivity index (χ2n) is 4.99. The molecule has 2 aromatic rings. The van der Waals surface area contributed by atoms with Crippen LogP contribution in [0.3, 0.4) is 0 Å². The van der Waals surface area contributed by atoms with E-state index in [1.807, 2.05) is 24.3 Å². The first-order valence-electron chi connectivity index (χ1n) is 7.66. The molecule has 0 spiro atoms. The quantitative estimate of drug-likeness (QED) is 0.365. The number of ether oxygens (including phenoxy) is 1. The summed E-state index contributed by atoms with van der Waals surface area (Å²) in [5.74, 6) is 1.38. The van der Waals surface area contributed by atoms with E-state index in [0.29, 0.717) is 23.3 Å². The number of sulfonamides is 1. The highest BCUT2D eigenvalue weighted by molar-refractivity contribution is 7.91. The third kappa shape index (κ3) is 5.73. The van der Waals surface area contributed by atoms with E-state index >= 15 is 0 Å². The van der Waals surface area contributed by atoms with Crippen molar-refractivity contribution in [2.24, 2.45) is 4.99 Å². The van der Waals surface area contributed by atoms with Gasteiger partial charge in [-0.2, -0.15) is 0 Å². The molecule has 25 heavy (non-hydrogen) atoms. The van der Waals surface area contributed by atoms with Crippen LogP contribution in [0.5, 0.6) is 5.75 Å². The molecule has 0 radical (unpaired) electrons. The molecule has 0 fully saturated rings. The fourth-order valence-corrected chi connectivity index (χ4v) is 4.17. The summed E-state index contributed by atoms with van der Waals surface area (Å²) in [5, 5.41) is 7.97. The van der Waals surface area contributed by atoms with Crippen LogP contribution in [0, 0.1) is 0 Å². The Morgan fingerprint density at radius 1 is 1.16 bits per heavy atom. The molecular weight excluding hydrogens is 360 g/mol. The maximum Gasteiger partial charge on any atom is 0.250 e. The standard InChI is InChI=1S/C16H22N4O3S2/c1-17-16(19-12-13-6-3-4-7-14(13)23-2)18-9-10-20-25(21,22)15-8-5-11-24-15/h3-8,11,20H,9-10,12H2,1-2H3,(H2,17,18,19). The molecule has 0 saturated heterocycles. The second kappa shape index (κ2) is 9.40. The molecule has 0 saturated carbocycles. The van der Waals surface area contributed by atoms with Crippen molar-refractivity contribution >= 4 is 27.3 Å². The molecular formula is C16H22N4O3S2. The van der Waals surface area contributed by atoms with E-state index in [0.717, 1.165) is 11.3 Å². The predicted molar refractivity (Wildman–Crippen MR) is 101 cm³/mol. The van der Waals surface area contributed by atoms with Crippen LogP contribution in [0.25, 0.3) is 0 Å². The first-order chi connectivity index (χ1) is 12.1. The maximum atomic E-state index is 12.0. The summed E-state index contributed by atoms with van der Waals surface area (Å²) in [4.78, 5) is 4.12. The second-order valence-corrected chi connectivity index (χ2v) is 7.94. The molecule has 2 rings (SSSR count). The van der Waals surface area contributed by atoms with Gasteiger partial charge in [-0.3, -0.25) is 4.99 Å². The van der Waals surface area contributed by atoms with Gasteiger partial charge in [-0.1, -0.05) is 24.3 Å². The summed E-state index contributed by atoms with van der Waals surface area (Å²) in [6.07, 6.45) is 0. The van der Waals surface area contributed by atoms with Gasteiger partial charge in [0.05, 0.1) is 7.11 Å². The Morgan fingerprint density at radius 2 is 1.96 bits per heavy atom. The van der Waals surface area contributed by atoms with Gasteiger partial charge in [0.25, 0.3) is 0 Å². The minimum atomic E-state index is -3.43. The summed E-state index contributed by atoms with van der Waals surface area (Å²) >= 11 is 1.19. The molecule has 0 unspecified atom stereocenters. The summed E-state index contributed by atoms with van der Waals surface area (Å²) in [5.41, 5.74) is 1.01. The van der Waals surface area contributed by atoms with Gasteiger partial charge < -0.3 is 15.4 Å². The fraction of sp³-hybridized carbons (Fsp3) is 0.312. The minimum absolute atomic E-state index is 0.260. The predicted octanol–water partition coefficient (Wildman–Crippen LogP) is 1.40. The fourth-order valence-electron chi connectivity index (χ4n) is 2.10. The van der Waals surface area contributed by atoms with Crippen molar-refractivity contribution < 1.29 is 13.2 Å². The number of hydrogen-bond acceptors (Lipinski definition) is 5. The molecule has 0 aliphatic carbocycles. The van der Waals surface area contributed by atoms with E-state index in [1.165, 1.54) is 11.3 Å². The van der Waals surface area contributed by atoms with Crippen molar-refractivity contribution in [2.75, 3.05) is 27.2 Å². The highest BCUT2D eigenvalue weighted by Crippen LogP contribution is 2.16. The van der Waals surface area contributed by atoms with Crippen molar-refractivity contribution in [3.05, 3.63) is 47.3 Å². The Morgan fingerprint density at radius 3 is 2.64 bits per heavy atom. The van der Waals surface area contributed by atoms with Crippen LogP contribution in [0.4, 0.5) is 0 Å². The Hall–Kier alpha value is -2.10. The van der Waals surface area contributed by atoms with Crippen LogP contribution in [0.15, 0.2) is 51.0 Å². The number of aliphatic imine (C=N–C) groups is 1. The van der Waals surface area contributed by atoms with Crippen LogP contribution in [0.1, 0.15) is 5.56 Å². The minimum Gasteiger partial charge on any atom is -0.496 e. The number of hydrogen-bond donors (Lipinski definition) is 3. The number of para-hydroxylation sites is 1. The van der Waals surface area contributed by atoms with Crippen molar-refractivity contribution in [1.82, 2.24) is 15.4 Å². The van der Waals surface area contributed by atoms with Gasteiger partial charge in [-0.05, 0) is 17.5 Å². The molecule has 136 valence electrons. The lowest BCUT2D eigenvalue weighted by atomic mass is 10.2. The largest absolute Gasteiger partial charge is 0.496 e. The van der Waals surface area contributed by atoms with Gasteiger partial charge in [0.1, 0.15) is 9.96 Å². The maximum absolute atomic E-state index is 12.0. The van der Waals surface area contributed by atoms with Crippen molar-refractivity contribution in [2.45, 2.75) is 10.8 Å². The van der Waals surface area contributed by atoms with Gasteiger partial charge in [0.2, 0.25) is 10.0 Å². The highest BCUT2D eigenvalue weighted by Gasteiger charge is 2.13. The first-order valence-corrected chi connectivity index (χ1v) is 10.0. The Kier molecular flexibility index (Phi) is 7.23. The number of rotatable bonds is 8. The molecule has 1 aromatic heterocycles. The molecule has 9 heteroatoms. The smallest absolute Gasteiger partial charge is 0.250 e. The van der Waals surface area contributed by atoms with E-state index in [-0.39, 0.29) is 6.54 Å². The lowest BCUT2D eigenvalue weighted by Crippen LogP contribution is -2.41. The van der Waals surface area contributed by atoms with E-state index in [9.17, 15) is 8.42 Å². The van der Waals surface area contributed by atoms with Gasteiger partial charge >= 0.3 is 0 Å². The normalized spacial score (nSPS) is 12.0. The summed E-state index contributed by atoms with van der Waals surface area (Å²) in [6.45, 7) is 1.22. The third-order valence-corrected chi connectivity index (χ3v) is 6.19. The number of nitrogens with zero attached hydrogens (tertiary/aromatic N) is 1. The zero-order valence-corrected chi connectivity index (χ0v) is 15.8. The zero-order chi connectivity index (χ0) is 18.1. The SMILES string of the molecule is CN=C(NCCNS(=O)(=O)c1cccs1)NCc1ccccc1OC. The molecule has 1 heterocycles.